The third-order valence-electron chi connectivity index (χ3n) is 15.7. The summed E-state index contributed by atoms with van der Waals surface area (Å²) in [6.45, 7) is 17.2. The van der Waals surface area contributed by atoms with E-state index < -0.39 is 29.4 Å². The largest absolute Gasteiger partial charge is 0.514 e. The van der Waals surface area contributed by atoms with Gasteiger partial charge in [0, 0.05) is 68.4 Å². The van der Waals surface area contributed by atoms with Crippen LogP contribution in [0.25, 0.3) is 22.3 Å². The maximum atomic E-state index is 14.7. The maximum absolute atomic E-state index is 14.7. The molecule has 0 spiro atoms. The quantitative estimate of drug-likeness (QED) is 0.0573. The summed E-state index contributed by atoms with van der Waals surface area (Å²) in [6.07, 6.45) is -0.864. The number of carbonyl (C=O) groups is 4. The van der Waals surface area contributed by atoms with Crippen LogP contribution in [0.5, 0.6) is 17.2 Å². The number of piperazine rings is 1. The molecule has 81 heavy (non-hydrogen) atoms. The topological polar surface area (TPSA) is 168 Å². The van der Waals surface area contributed by atoms with Crippen molar-refractivity contribution >= 4 is 35.0 Å². The fraction of sp³-hybridized carbons (Fsp3) is 0.354. The average Bonchev–Trinajstić information content (AvgIpc) is 3.13. The summed E-state index contributed by atoms with van der Waals surface area (Å²) < 4.78 is 37.4. The summed E-state index contributed by atoms with van der Waals surface area (Å²) >= 11 is 0. The maximum Gasteiger partial charge on any atom is 0.514 e. The van der Waals surface area contributed by atoms with Gasteiger partial charge >= 0.3 is 18.2 Å². The first-order valence-corrected chi connectivity index (χ1v) is 27.9. The minimum Gasteiger partial charge on any atom is -0.488 e. The number of aryl methyl sites for hydroxylation is 1. The number of pyridine rings is 2. The van der Waals surface area contributed by atoms with Gasteiger partial charge in [0.1, 0.15) is 42.7 Å². The fourth-order valence-corrected chi connectivity index (χ4v) is 11.5. The van der Waals surface area contributed by atoms with Crippen LogP contribution in [0.4, 0.5) is 9.59 Å². The van der Waals surface area contributed by atoms with Gasteiger partial charge in [-0.2, -0.15) is 0 Å². The van der Waals surface area contributed by atoms with E-state index in [2.05, 4.69) is 36.9 Å². The van der Waals surface area contributed by atoms with E-state index in [1.807, 2.05) is 84.6 Å². The Labute approximate surface area is 471 Å². The molecule has 1 unspecified atom stereocenters. The Hall–Kier alpha value is -8.50. The highest BCUT2D eigenvalue weighted by molar-refractivity contribution is 5.98. The third-order valence-corrected chi connectivity index (χ3v) is 15.7. The van der Waals surface area contributed by atoms with E-state index in [0.717, 1.165) is 49.9 Å². The molecular formula is C65H67N5O11. The third kappa shape index (κ3) is 11.0. The van der Waals surface area contributed by atoms with E-state index in [0.29, 0.717) is 111 Å². The molecule has 4 aliphatic rings. The van der Waals surface area contributed by atoms with Crippen LogP contribution in [0.1, 0.15) is 127 Å². The number of fused-ring (bicyclic) bond motifs is 6. The van der Waals surface area contributed by atoms with Crippen LogP contribution in [0.15, 0.2) is 120 Å². The number of aromatic nitrogens is 2. The number of rotatable bonds is 14. The summed E-state index contributed by atoms with van der Waals surface area (Å²) in [4.78, 5) is 80.7. The molecule has 16 nitrogen and oxygen atoms in total. The average molecular weight is 1090 g/mol. The lowest BCUT2D eigenvalue weighted by Crippen LogP contribution is -2.53. The number of hydrogen-bond acceptors (Lipinski definition) is 13. The Morgan fingerprint density at radius 3 is 2.09 bits per heavy atom. The lowest BCUT2D eigenvalue weighted by Gasteiger charge is -2.39. The van der Waals surface area contributed by atoms with Gasteiger partial charge in [0.25, 0.3) is 11.5 Å². The second kappa shape index (κ2) is 22.2. The van der Waals surface area contributed by atoms with Crippen LogP contribution in [-0.4, -0.2) is 80.2 Å². The van der Waals surface area contributed by atoms with Crippen molar-refractivity contribution in [2.45, 2.75) is 124 Å². The van der Waals surface area contributed by atoms with Gasteiger partial charge in [-0.15, -0.1) is 0 Å². The summed E-state index contributed by atoms with van der Waals surface area (Å²) in [6, 6.07) is 37.0. The fourth-order valence-electron chi connectivity index (χ4n) is 11.5. The van der Waals surface area contributed by atoms with Crippen LogP contribution in [0, 0.1) is 0 Å². The monoisotopic (exact) mass is 1090 g/mol. The zero-order valence-corrected chi connectivity index (χ0v) is 47.0. The van der Waals surface area contributed by atoms with Crippen molar-refractivity contribution in [3.8, 4) is 28.6 Å². The Bertz CT molecular complexity index is 3660. The first kappa shape index (κ1) is 54.5. The molecule has 1 fully saturated rings. The molecule has 16 heteroatoms. The number of amides is 2. The van der Waals surface area contributed by atoms with Gasteiger partial charge in [-0.1, -0.05) is 107 Å². The highest BCUT2D eigenvalue weighted by atomic mass is 16.7. The number of hydrogen-bond donors (Lipinski definition) is 0. The number of carbonyl (C=O) groups excluding carboxylic acids is 4. The van der Waals surface area contributed by atoms with Crippen molar-refractivity contribution in [1.29, 1.82) is 0 Å². The summed E-state index contributed by atoms with van der Waals surface area (Å²) in [5.41, 5.74) is 7.80. The highest BCUT2D eigenvalue weighted by Gasteiger charge is 2.51. The molecule has 7 aromatic rings. The molecule has 4 aliphatic heterocycles. The molecule has 0 N–H and O–H groups in total. The Balaban J connectivity index is 0.762. The molecule has 5 aromatic carbocycles. The van der Waals surface area contributed by atoms with Gasteiger partial charge in [-0.25, -0.2) is 19.4 Å². The van der Waals surface area contributed by atoms with E-state index in [-0.39, 0.29) is 42.5 Å². The first-order chi connectivity index (χ1) is 39.0. The Morgan fingerprint density at radius 2 is 1.42 bits per heavy atom. The number of nitrogens with zero attached hydrogens (tertiary/aromatic N) is 5. The standard InChI is InChI=1S/C65H67N5O11/c1-8-47-49-29-46(79-63(75)81-64(5,6)7)22-23-54(49)66-58-51(47)36-70-55(58)31-53-52(60(70)72)39-78-61(73)65(53,9-2)80-62(74)68-26-24-67(25-27-68)33-43-20-21-44-34-69(35-45(44)28-43)59(71)50-30-48(40(3)4)56(76-37-41-16-12-10-13-17-41)32-57(50)77-38-42-18-14-11-15-19-42/h10-23,28-32,40H,8-9,24-27,33-39H2,1-7H3. The molecule has 11 rings (SSSR count). The normalized spacial score (nSPS) is 16.6. The van der Waals surface area contributed by atoms with Gasteiger partial charge in [0.2, 0.25) is 5.60 Å². The van der Waals surface area contributed by atoms with Crippen molar-refractivity contribution in [2.24, 2.45) is 0 Å². The second-order valence-corrected chi connectivity index (χ2v) is 22.6. The summed E-state index contributed by atoms with van der Waals surface area (Å²) in [5.74, 6) is 0.682. The minimum atomic E-state index is -1.87. The number of benzene rings is 5. The first-order valence-electron chi connectivity index (χ1n) is 27.9. The molecule has 6 heterocycles. The molecule has 1 atom stereocenters. The summed E-state index contributed by atoms with van der Waals surface area (Å²) in [7, 11) is 0. The zero-order chi connectivity index (χ0) is 56.7. The van der Waals surface area contributed by atoms with E-state index in [1.54, 1.807) is 61.4 Å². The van der Waals surface area contributed by atoms with Crippen molar-refractivity contribution in [3.63, 3.8) is 0 Å². The molecule has 2 aromatic heterocycles. The second-order valence-electron chi connectivity index (χ2n) is 22.6. The van der Waals surface area contributed by atoms with Gasteiger partial charge < -0.3 is 42.8 Å². The van der Waals surface area contributed by atoms with Crippen LogP contribution in [-0.2, 0) is 77.0 Å². The van der Waals surface area contributed by atoms with Crippen molar-refractivity contribution in [2.75, 3.05) is 26.2 Å². The smallest absolute Gasteiger partial charge is 0.488 e. The van der Waals surface area contributed by atoms with Crippen LogP contribution in [0.3, 0.4) is 0 Å². The SMILES string of the molecule is CCc1c2c(nc3ccc(OC(=O)OC(C)(C)C)cc13)-c1cc3c(c(=O)n1C2)COC(=O)C3(CC)OC(=O)N1CCN(Cc2ccc3c(c2)CN(C(=O)c2cc(C(C)C)c(OCc4ccccc4)cc2OCc2ccccc2)C3)CC1. The van der Waals surface area contributed by atoms with Gasteiger partial charge in [0.05, 0.1) is 34.6 Å². The number of ether oxygens (including phenoxy) is 6. The number of cyclic esters (lactones) is 1. The molecule has 2 amide bonds. The molecule has 0 saturated carbocycles. The van der Waals surface area contributed by atoms with Crippen molar-refractivity contribution < 1.29 is 47.6 Å². The molecule has 0 radical (unpaired) electrons. The highest BCUT2D eigenvalue weighted by Crippen LogP contribution is 2.43. The van der Waals surface area contributed by atoms with E-state index in [9.17, 15) is 24.0 Å². The minimum absolute atomic E-state index is 0.0338. The van der Waals surface area contributed by atoms with Crippen LogP contribution < -0.4 is 19.8 Å². The van der Waals surface area contributed by atoms with Crippen molar-refractivity contribution in [1.82, 2.24) is 24.3 Å². The molecule has 418 valence electrons. The lowest BCUT2D eigenvalue weighted by molar-refractivity contribution is -0.173. The lowest BCUT2D eigenvalue weighted by atomic mass is 9.85. The van der Waals surface area contributed by atoms with E-state index in [4.69, 9.17) is 33.4 Å². The molecule has 0 aliphatic carbocycles. The Kier molecular flexibility index (Phi) is 14.9. The zero-order valence-electron chi connectivity index (χ0n) is 47.0. The molecule has 0 bridgehead atoms. The van der Waals surface area contributed by atoms with Gasteiger partial charge in [-0.05, 0) is 109 Å². The predicted molar refractivity (Wildman–Crippen MR) is 304 cm³/mol. The molecular weight excluding hydrogens is 1030 g/mol. The van der Waals surface area contributed by atoms with Crippen molar-refractivity contribution in [3.05, 3.63) is 187 Å². The van der Waals surface area contributed by atoms with Gasteiger partial charge in [0.15, 0.2) is 0 Å². The van der Waals surface area contributed by atoms with Crippen LogP contribution >= 0.6 is 0 Å². The summed E-state index contributed by atoms with van der Waals surface area (Å²) in [5, 5.41) is 0.774. The Morgan fingerprint density at radius 1 is 0.728 bits per heavy atom. The van der Waals surface area contributed by atoms with E-state index in [1.165, 1.54) is 0 Å². The molecule has 1 saturated heterocycles. The predicted octanol–water partition coefficient (Wildman–Crippen LogP) is 11.4. The number of esters is 1. The van der Waals surface area contributed by atoms with E-state index >= 15 is 0 Å². The van der Waals surface area contributed by atoms with Gasteiger partial charge in [-0.3, -0.25) is 14.5 Å². The van der Waals surface area contributed by atoms with Crippen LogP contribution in [0.2, 0.25) is 0 Å².